The molecule has 2 fully saturated rings. The summed E-state index contributed by atoms with van der Waals surface area (Å²) in [7, 11) is 0. The van der Waals surface area contributed by atoms with E-state index in [0.717, 1.165) is 45.3 Å². The Morgan fingerprint density at radius 1 is 1.29 bits per heavy atom. The van der Waals surface area contributed by atoms with Gasteiger partial charge < -0.3 is 15.4 Å². The molecule has 0 aromatic carbocycles. The van der Waals surface area contributed by atoms with Crippen molar-refractivity contribution in [3.63, 3.8) is 0 Å². The molecule has 100 valence electrons. The molecular formula is C13H27N3O. The number of morpholine rings is 1. The molecule has 2 heterocycles. The standard InChI is InChI=1S/C13H27N3O/c1-2-3-12(14)10-15-5-4-13(11-15)16-6-8-17-9-7-16/h12-13H,2-11,14H2,1H3. The van der Waals surface area contributed by atoms with Crippen molar-refractivity contribution >= 4 is 0 Å². The maximum Gasteiger partial charge on any atom is 0.0594 e. The molecule has 0 amide bonds. The van der Waals surface area contributed by atoms with Gasteiger partial charge in [-0.25, -0.2) is 0 Å². The highest BCUT2D eigenvalue weighted by molar-refractivity contribution is 4.85. The number of nitrogens with zero attached hydrogens (tertiary/aromatic N) is 2. The van der Waals surface area contributed by atoms with Crippen molar-refractivity contribution in [1.29, 1.82) is 0 Å². The Morgan fingerprint density at radius 2 is 2.06 bits per heavy atom. The number of hydrogen-bond acceptors (Lipinski definition) is 4. The van der Waals surface area contributed by atoms with Gasteiger partial charge in [-0.3, -0.25) is 4.90 Å². The van der Waals surface area contributed by atoms with Crippen molar-refractivity contribution < 1.29 is 4.74 Å². The first-order valence-corrected chi connectivity index (χ1v) is 7.09. The van der Waals surface area contributed by atoms with Crippen LogP contribution in [0.15, 0.2) is 0 Å². The molecule has 0 bridgehead atoms. The van der Waals surface area contributed by atoms with E-state index in [0.29, 0.717) is 6.04 Å². The SMILES string of the molecule is CCCC(N)CN1CCC(N2CCOCC2)C1. The highest BCUT2D eigenvalue weighted by atomic mass is 16.5. The molecule has 0 radical (unpaired) electrons. The molecule has 0 aliphatic carbocycles. The Morgan fingerprint density at radius 3 is 2.76 bits per heavy atom. The molecule has 0 saturated carbocycles. The summed E-state index contributed by atoms with van der Waals surface area (Å²) >= 11 is 0. The predicted molar refractivity (Wildman–Crippen MR) is 70.1 cm³/mol. The van der Waals surface area contributed by atoms with Crippen molar-refractivity contribution in [3.05, 3.63) is 0 Å². The van der Waals surface area contributed by atoms with Crippen molar-refractivity contribution in [1.82, 2.24) is 9.80 Å². The second-order valence-electron chi connectivity index (χ2n) is 5.40. The molecule has 2 aliphatic heterocycles. The first kappa shape index (κ1) is 13.3. The Bertz CT molecular complexity index is 219. The molecule has 2 N–H and O–H groups in total. The molecule has 2 atom stereocenters. The first-order valence-electron chi connectivity index (χ1n) is 7.09. The van der Waals surface area contributed by atoms with Crippen LogP contribution < -0.4 is 5.73 Å². The molecule has 0 aromatic heterocycles. The van der Waals surface area contributed by atoms with Crippen LogP contribution in [-0.2, 0) is 4.74 Å². The van der Waals surface area contributed by atoms with E-state index < -0.39 is 0 Å². The third-order valence-corrected chi connectivity index (χ3v) is 3.96. The number of ether oxygens (including phenoxy) is 1. The quantitative estimate of drug-likeness (QED) is 0.762. The van der Waals surface area contributed by atoms with Crippen LogP contribution in [0.25, 0.3) is 0 Å². The van der Waals surface area contributed by atoms with E-state index in [2.05, 4.69) is 16.7 Å². The monoisotopic (exact) mass is 241 g/mol. The van der Waals surface area contributed by atoms with Gasteiger partial charge >= 0.3 is 0 Å². The van der Waals surface area contributed by atoms with Gasteiger partial charge in [-0.15, -0.1) is 0 Å². The van der Waals surface area contributed by atoms with Crippen LogP contribution in [0.4, 0.5) is 0 Å². The number of likely N-dealkylation sites (tertiary alicyclic amines) is 1. The van der Waals surface area contributed by atoms with Crippen LogP contribution in [0.3, 0.4) is 0 Å². The molecule has 17 heavy (non-hydrogen) atoms. The van der Waals surface area contributed by atoms with E-state index in [-0.39, 0.29) is 0 Å². The normalized spacial score (nSPS) is 29.6. The predicted octanol–water partition coefficient (Wildman–Crippen LogP) is 0.520. The summed E-state index contributed by atoms with van der Waals surface area (Å²) in [6, 6.07) is 1.11. The molecule has 0 spiro atoms. The average Bonchev–Trinajstić information content (AvgIpc) is 2.79. The zero-order valence-electron chi connectivity index (χ0n) is 11.1. The first-order chi connectivity index (χ1) is 8.29. The molecule has 4 heteroatoms. The summed E-state index contributed by atoms with van der Waals surface area (Å²) < 4.78 is 5.41. The molecule has 0 aromatic rings. The largest absolute Gasteiger partial charge is 0.379 e. The fraction of sp³-hybridized carbons (Fsp3) is 1.00. The van der Waals surface area contributed by atoms with Crippen LogP contribution >= 0.6 is 0 Å². The van der Waals surface area contributed by atoms with Gasteiger partial charge in [0, 0.05) is 38.3 Å². The number of nitrogens with two attached hydrogens (primary N) is 1. The van der Waals surface area contributed by atoms with Crippen LogP contribution in [-0.4, -0.2) is 67.8 Å². The van der Waals surface area contributed by atoms with E-state index in [1.165, 1.54) is 25.9 Å². The highest BCUT2D eigenvalue weighted by Gasteiger charge is 2.28. The molecular weight excluding hydrogens is 214 g/mol. The topological polar surface area (TPSA) is 41.7 Å². The lowest BCUT2D eigenvalue weighted by atomic mass is 10.2. The second-order valence-corrected chi connectivity index (χ2v) is 5.40. The maximum absolute atomic E-state index is 6.11. The number of rotatable bonds is 5. The summed E-state index contributed by atoms with van der Waals surface area (Å²) in [5.74, 6) is 0. The lowest BCUT2D eigenvalue weighted by Gasteiger charge is -2.32. The summed E-state index contributed by atoms with van der Waals surface area (Å²) in [6.45, 7) is 9.75. The molecule has 2 saturated heterocycles. The van der Waals surface area contributed by atoms with Gasteiger partial charge in [0.25, 0.3) is 0 Å². The zero-order chi connectivity index (χ0) is 12.1. The van der Waals surface area contributed by atoms with E-state index in [9.17, 15) is 0 Å². The van der Waals surface area contributed by atoms with Gasteiger partial charge in [0.05, 0.1) is 13.2 Å². The Balaban J connectivity index is 1.71. The highest BCUT2D eigenvalue weighted by Crippen LogP contribution is 2.17. The van der Waals surface area contributed by atoms with Gasteiger partial charge in [-0.2, -0.15) is 0 Å². The molecule has 4 nitrogen and oxygen atoms in total. The van der Waals surface area contributed by atoms with Crippen LogP contribution in [0, 0.1) is 0 Å². The smallest absolute Gasteiger partial charge is 0.0594 e. The Labute approximate surface area is 105 Å². The van der Waals surface area contributed by atoms with Gasteiger partial charge in [-0.1, -0.05) is 13.3 Å². The summed E-state index contributed by atoms with van der Waals surface area (Å²) in [4.78, 5) is 5.13. The molecule has 2 rings (SSSR count). The minimum absolute atomic E-state index is 0.364. The summed E-state index contributed by atoms with van der Waals surface area (Å²) in [5, 5.41) is 0. The van der Waals surface area contributed by atoms with Crippen molar-refractivity contribution in [2.75, 3.05) is 45.9 Å². The third-order valence-electron chi connectivity index (χ3n) is 3.96. The van der Waals surface area contributed by atoms with E-state index in [1.54, 1.807) is 0 Å². The maximum atomic E-state index is 6.11. The fourth-order valence-corrected chi connectivity index (χ4v) is 3.01. The van der Waals surface area contributed by atoms with Gasteiger partial charge in [-0.05, 0) is 19.4 Å². The lowest BCUT2D eigenvalue weighted by molar-refractivity contribution is 0.0184. The summed E-state index contributed by atoms with van der Waals surface area (Å²) in [5.41, 5.74) is 6.11. The molecule has 2 unspecified atom stereocenters. The van der Waals surface area contributed by atoms with Crippen LogP contribution in [0.1, 0.15) is 26.2 Å². The number of hydrogen-bond donors (Lipinski definition) is 1. The van der Waals surface area contributed by atoms with Crippen LogP contribution in [0.2, 0.25) is 0 Å². The Kier molecular flexibility index (Phi) is 5.22. The van der Waals surface area contributed by atoms with Gasteiger partial charge in [0.2, 0.25) is 0 Å². The van der Waals surface area contributed by atoms with Crippen molar-refractivity contribution in [3.8, 4) is 0 Å². The minimum atomic E-state index is 0.364. The van der Waals surface area contributed by atoms with Crippen LogP contribution in [0.5, 0.6) is 0 Å². The third kappa shape index (κ3) is 3.91. The van der Waals surface area contributed by atoms with E-state index >= 15 is 0 Å². The second kappa shape index (κ2) is 6.69. The summed E-state index contributed by atoms with van der Waals surface area (Å²) in [6.07, 6.45) is 3.65. The van der Waals surface area contributed by atoms with Crippen molar-refractivity contribution in [2.24, 2.45) is 5.73 Å². The van der Waals surface area contributed by atoms with E-state index in [4.69, 9.17) is 10.5 Å². The van der Waals surface area contributed by atoms with E-state index in [1.807, 2.05) is 0 Å². The minimum Gasteiger partial charge on any atom is -0.379 e. The lowest BCUT2D eigenvalue weighted by Crippen LogP contribution is -2.45. The van der Waals surface area contributed by atoms with Gasteiger partial charge in [0.1, 0.15) is 0 Å². The average molecular weight is 241 g/mol. The fourth-order valence-electron chi connectivity index (χ4n) is 3.01. The zero-order valence-corrected chi connectivity index (χ0v) is 11.1. The van der Waals surface area contributed by atoms with Gasteiger partial charge in [0.15, 0.2) is 0 Å². The Hall–Kier alpha value is -0.160. The molecule has 2 aliphatic rings. The van der Waals surface area contributed by atoms with Crippen molar-refractivity contribution in [2.45, 2.75) is 38.3 Å².